The molecule has 3 rings (SSSR count). The molecular formula is C19H20FNO4S. The van der Waals surface area contributed by atoms with Crippen LogP contribution in [0.1, 0.15) is 30.5 Å². The molecule has 2 atom stereocenters. The molecule has 0 fully saturated rings. The van der Waals surface area contributed by atoms with Crippen LogP contribution < -0.4 is 10.1 Å². The fraction of sp³-hybridized carbons (Fsp3) is 0.316. The molecule has 26 heavy (non-hydrogen) atoms. The molecule has 0 aliphatic carbocycles. The topological polar surface area (TPSA) is 72.5 Å². The maximum absolute atomic E-state index is 13.7. The quantitative estimate of drug-likeness (QED) is 0.870. The number of para-hydroxylation sites is 1. The lowest BCUT2D eigenvalue weighted by atomic mass is 10.0. The Morgan fingerprint density at radius 1 is 1.23 bits per heavy atom. The molecule has 1 N–H and O–H groups in total. The van der Waals surface area contributed by atoms with Crippen molar-refractivity contribution < 1.29 is 22.3 Å². The molecule has 0 saturated carbocycles. The zero-order chi connectivity index (χ0) is 18.7. The van der Waals surface area contributed by atoms with Crippen molar-refractivity contribution in [2.45, 2.75) is 30.4 Å². The van der Waals surface area contributed by atoms with Crippen LogP contribution in [0.4, 0.5) is 4.39 Å². The summed E-state index contributed by atoms with van der Waals surface area (Å²) in [6.45, 7) is 1.77. The van der Waals surface area contributed by atoms with Gasteiger partial charge in [-0.1, -0.05) is 36.4 Å². The molecule has 2 aromatic carbocycles. The zero-order valence-corrected chi connectivity index (χ0v) is 15.1. The van der Waals surface area contributed by atoms with Gasteiger partial charge in [0.2, 0.25) is 5.91 Å². The molecule has 1 heterocycles. The zero-order valence-electron chi connectivity index (χ0n) is 14.3. The first-order chi connectivity index (χ1) is 12.4. The molecule has 2 unspecified atom stereocenters. The normalized spacial score (nSPS) is 17.7. The molecule has 1 aliphatic heterocycles. The molecule has 2 aromatic rings. The van der Waals surface area contributed by atoms with Gasteiger partial charge in [0.1, 0.15) is 16.8 Å². The number of hydrogen-bond acceptors (Lipinski definition) is 4. The number of rotatable bonds is 5. The lowest BCUT2D eigenvalue weighted by molar-refractivity contribution is -0.121. The number of nitrogens with one attached hydrogen (secondary N) is 1. The van der Waals surface area contributed by atoms with Gasteiger partial charge in [-0.15, -0.1) is 0 Å². The summed E-state index contributed by atoms with van der Waals surface area (Å²) in [5.41, 5.74) is 0.884. The van der Waals surface area contributed by atoms with Gasteiger partial charge < -0.3 is 10.1 Å². The van der Waals surface area contributed by atoms with Crippen LogP contribution in [0, 0.1) is 5.82 Å². The SMILES string of the molecule is CC(C(=O)NC1CCOc2ccccc21)S(=O)(=O)Cc1ccccc1F. The Morgan fingerprint density at radius 2 is 1.92 bits per heavy atom. The van der Waals surface area contributed by atoms with Gasteiger partial charge in [0.05, 0.1) is 18.4 Å². The first kappa shape index (κ1) is 18.4. The fourth-order valence-corrected chi connectivity index (χ4v) is 4.21. The first-order valence-electron chi connectivity index (χ1n) is 8.35. The molecule has 7 heteroatoms. The van der Waals surface area contributed by atoms with Crippen molar-refractivity contribution in [3.8, 4) is 5.75 Å². The van der Waals surface area contributed by atoms with Gasteiger partial charge in [0.25, 0.3) is 0 Å². The van der Waals surface area contributed by atoms with Crippen LogP contribution in [0.3, 0.4) is 0 Å². The summed E-state index contributed by atoms with van der Waals surface area (Å²) in [6, 6.07) is 12.7. The molecule has 138 valence electrons. The van der Waals surface area contributed by atoms with E-state index in [9.17, 15) is 17.6 Å². The minimum Gasteiger partial charge on any atom is -0.493 e. The molecule has 0 aromatic heterocycles. The highest BCUT2D eigenvalue weighted by Crippen LogP contribution is 2.31. The summed E-state index contributed by atoms with van der Waals surface area (Å²) >= 11 is 0. The number of halogens is 1. The summed E-state index contributed by atoms with van der Waals surface area (Å²) < 4.78 is 44.3. The predicted molar refractivity (Wildman–Crippen MR) is 95.9 cm³/mol. The van der Waals surface area contributed by atoms with Gasteiger partial charge in [0, 0.05) is 17.5 Å². The number of hydrogen-bond donors (Lipinski definition) is 1. The second-order valence-corrected chi connectivity index (χ2v) is 8.60. The molecule has 1 aliphatic rings. The number of carbonyl (C=O) groups excluding carboxylic acids is 1. The third-order valence-electron chi connectivity index (χ3n) is 4.50. The minimum absolute atomic E-state index is 0.0589. The largest absolute Gasteiger partial charge is 0.493 e. The Bertz CT molecular complexity index is 913. The van der Waals surface area contributed by atoms with E-state index in [0.29, 0.717) is 18.8 Å². The lowest BCUT2D eigenvalue weighted by Crippen LogP contribution is -2.41. The lowest BCUT2D eigenvalue weighted by Gasteiger charge is -2.27. The summed E-state index contributed by atoms with van der Waals surface area (Å²) in [5.74, 6) is -1.02. The molecule has 0 spiro atoms. The van der Waals surface area contributed by atoms with E-state index in [2.05, 4.69) is 5.32 Å². The van der Waals surface area contributed by atoms with Crippen LogP contribution in [0.25, 0.3) is 0 Å². The highest BCUT2D eigenvalue weighted by atomic mass is 32.2. The van der Waals surface area contributed by atoms with Gasteiger partial charge in [-0.2, -0.15) is 0 Å². The number of amides is 1. The van der Waals surface area contributed by atoms with Crippen molar-refractivity contribution in [3.63, 3.8) is 0 Å². The van der Waals surface area contributed by atoms with Crippen molar-refractivity contribution >= 4 is 15.7 Å². The highest BCUT2D eigenvalue weighted by Gasteiger charge is 2.32. The maximum Gasteiger partial charge on any atom is 0.238 e. The standard InChI is InChI=1S/C19H20FNO4S/c1-13(26(23,24)12-14-6-2-4-8-16(14)20)19(22)21-17-10-11-25-18-9-5-3-7-15(17)18/h2-9,13,17H,10-12H2,1H3,(H,21,22). The number of sulfone groups is 1. The second kappa shape index (κ2) is 7.45. The van der Waals surface area contributed by atoms with Crippen LogP contribution in [-0.4, -0.2) is 26.2 Å². The summed E-state index contributed by atoms with van der Waals surface area (Å²) in [7, 11) is -3.85. The van der Waals surface area contributed by atoms with E-state index in [1.807, 2.05) is 24.3 Å². The highest BCUT2D eigenvalue weighted by molar-refractivity contribution is 7.92. The average molecular weight is 377 g/mol. The number of benzene rings is 2. The summed E-state index contributed by atoms with van der Waals surface area (Å²) in [6.07, 6.45) is 0.558. The van der Waals surface area contributed by atoms with E-state index in [-0.39, 0.29) is 11.6 Å². The third kappa shape index (κ3) is 3.88. The smallest absolute Gasteiger partial charge is 0.238 e. The first-order valence-corrected chi connectivity index (χ1v) is 10.1. The number of ether oxygens (including phenoxy) is 1. The van der Waals surface area contributed by atoms with E-state index in [4.69, 9.17) is 4.74 Å². The van der Waals surface area contributed by atoms with Gasteiger partial charge in [0.15, 0.2) is 9.84 Å². The average Bonchev–Trinajstić information content (AvgIpc) is 2.63. The van der Waals surface area contributed by atoms with E-state index >= 15 is 0 Å². The molecule has 0 saturated heterocycles. The monoisotopic (exact) mass is 377 g/mol. The minimum atomic E-state index is -3.85. The number of fused-ring (bicyclic) bond motifs is 1. The van der Waals surface area contributed by atoms with E-state index in [0.717, 1.165) is 5.56 Å². The van der Waals surface area contributed by atoms with Gasteiger partial charge in [-0.05, 0) is 19.1 Å². The van der Waals surface area contributed by atoms with Crippen molar-refractivity contribution in [2.75, 3.05) is 6.61 Å². The van der Waals surface area contributed by atoms with Gasteiger partial charge in [-0.25, -0.2) is 12.8 Å². The van der Waals surface area contributed by atoms with Crippen LogP contribution in [0.15, 0.2) is 48.5 Å². The van der Waals surface area contributed by atoms with Crippen LogP contribution >= 0.6 is 0 Å². The van der Waals surface area contributed by atoms with Crippen LogP contribution in [0.2, 0.25) is 0 Å². The number of carbonyl (C=O) groups is 1. The van der Waals surface area contributed by atoms with Crippen LogP contribution in [-0.2, 0) is 20.4 Å². The second-order valence-electron chi connectivity index (χ2n) is 6.28. The third-order valence-corrected chi connectivity index (χ3v) is 6.50. The van der Waals surface area contributed by atoms with Crippen molar-refractivity contribution in [1.82, 2.24) is 5.32 Å². The van der Waals surface area contributed by atoms with Crippen molar-refractivity contribution in [2.24, 2.45) is 0 Å². The Kier molecular flexibility index (Phi) is 5.27. The van der Waals surface area contributed by atoms with E-state index < -0.39 is 32.6 Å². The molecular weight excluding hydrogens is 357 g/mol. The van der Waals surface area contributed by atoms with Crippen molar-refractivity contribution in [3.05, 3.63) is 65.5 Å². The molecule has 0 radical (unpaired) electrons. The molecule has 1 amide bonds. The Labute approximate surface area is 152 Å². The van der Waals surface area contributed by atoms with Gasteiger partial charge >= 0.3 is 0 Å². The Balaban J connectivity index is 1.73. The van der Waals surface area contributed by atoms with E-state index in [1.54, 1.807) is 6.07 Å². The molecule has 5 nitrogen and oxygen atoms in total. The fourth-order valence-electron chi connectivity index (χ4n) is 2.90. The van der Waals surface area contributed by atoms with Crippen LogP contribution in [0.5, 0.6) is 5.75 Å². The molecule has 0 bridgehead atoms. The summed E-state index contributed by atoms with van der Waals surface area (Å²) in [5, 5.41) is 1.51. The maximum atomic E-state index is 13.7. The Morgan fingerprint density at radius 3 is 2.69 bits per heavy atom. The summed E-state index contributed by atoms with van der Waals surface area (Å²) in [4.78, 5) is 12.5. The van der Waals surface area contributed by atoms with E-state index in [1.165, 1.54) is 25.1 Å². The predicted octanol–water partition coefficient (Wildman–Crippen LogP) is 2.77. The van der Waals surface area contributed by atoms with Gasteiger partial charge in [-0.3, -0.25) is 4.79 Å². The van der Waals surface area contributed by atoms with Crippen molar-refractivity contribution in [1.29, 1.82) is 0 Å². The Hall–Kier alpha value is -2.41.